The molecule has 3 aromatic rings. The number of aromatic nitrogens is 3. The zero-order valence-corrected chi connectivity index (χ0v) is 18.1. The van der Waals surface area contributed by atoms with Gasteiger partial charge in [-0.2, -0.15) is 0 Å². The second-order valence-corrected chi connectivity index (χ2v) is 8.42. The molecule has 1 aromatic heterocycles. The Morgan fingerprint density at radius 3 is 2.55 bits per heavy atom. The molecule has 0 unspecified atom stereocenters. The van der Waals surface area contributed by atoms with Crippen molar-refractivity contribution in [1.82, 2.24) is 19.9 Å². The van der Waals surface area contributed by atoms with Crippen LogP contribution in [0, 0.1) is 6.92 Å². The first-order chi connectivity index (χ1) is 15.1. The van der Waals surface area contributed by atoms with Gasteiger partial charge < -0.3 is 14.5 Å². The van der Waals surface area contributed by atoms with Crippen LogP contribution >= 0.6 is 11.6 Å². The number of aryl methyl sites for hydroxylation is 1. The van der Waals surface area contributed by atoms with Crippen molar-refractivity contribution in [3.63, 3.8) is 0 Å². The van der Waals surface area contributed by atoms with Crippen molar-refractivity contribution in [3.05, 3.63) is 76.1 Å². The van der Waals surface area contributed by atoms with Crippen molar-refractivity contribution < 1.29 is 9.53 Å². The van der Waals surface area contributed by atoms with Crippen LogP contribution in [0.15, 0.2) is 48.5 Å². The molecule has 5 rings (SSSR count). The number of hydrogen-bond acceptors (Lipinski definition) is 5. The molecule has 1 atom stereocenters. The Labute approximate surface area is 186 Å². The van der Waals surface area contributed by atoms with Gasteiger partial charge in [0.15, 0.2) is 5.69 Å². The summed E-state index contributed by atoms with van der Waals surface area (Å²) in [6.07, 6.45) is -0.132. The molecule has 2 aliphatic heterocycles. The maximum Gasteiger partial charge on any atom is 0.276 e. The standard InChI is InChI=1S/C23H24ClN5O2/c1-16-4-2-3-5-19(16)27-10-12-28(13-11-27)23(30)22-20-15-31-21(14-29(20)26-25-22)17-6-8-18(24)9-7-17/h2-9,21H,10-15H2,1H3/t21-/m0/s1. The quantitative estimate of drug-likeness (QED) is 0.627. The summed E-state index contributed by atoms with van der Waals surface area (Å²) in [6, 6.07) is 16.0. The number of para-hydroxylation sites is 1. The number of carbonyl (C=O) groups excluding carboxylic acids is 1. The maximum atomic E-state index is 13.2. The molecule has 8 heteroatoms. The third-order valence-electron chi connectivity index (χ3n) is 6.06. The average Bonchev–Trinajstić information content (AvgIpc) is 3.23. The van der Waals surface area contributed by atoms with Crippen LogP contribution in [-0.2, 0) is 17.9 Å². The van der Waals surface area contributed by atoms with E-state index in [2.05, 4.69) is 40.3 Å². The molecular formula is C23H24ClN5O2. The van der Waals surface area contributed by atoms with E-state index < -0.39 is 0 Å². The summed E-state index contributed by atoms with van der Waals surface area (Å²) in [4.78, 5) is 17.4. The summed E-state index contributed by atoms with van der Waals surface area (Å²) in [5.41, 5.74) is 4.67. The van der Waals surface area contributed by atoms with Crippen molar-refractivity contribution in [1.29, 1.82) is 0 Å². The van der Waals surface area contributed by atoms with Crippen LogP contribution in [0.3, 0.4) is 0 Å². The highest BCUT2D eigenvalue weighted by Crippen LogP contribution is 2.28. The number of halogens is 1. The van der Waals surface area contributed by atoms with E-state index in [-0.39, 0.29) is 12.0 Å². The second kappa shape index (κ2) is 8.32. The highest BCUT2D eigenvalue weighted by molar-refractivity contribution is 6.30. The first-order valence-electron chi connectivity index (χ1n) is 10.5. The molecule has 160 valence electrons. The molecule has 0 radical (unpaired) electrons. The van der Waals surface area contributed by atoms with E-state index in [0.717, 1.165) is 24.3 Å². The van der Waals surface area contributed by atoms with Crippen molar-refractivity contribution in [2.75, 3.05) is 31.1 Å². The third-order valence-corrected chi connectivity index (χ3v) is 6.32. The van der Waals surface area contributed by atoms with E-state index in [1.165, 1.54) is 11.3 Å². The summed E-state index contributed by atoms with van der Waals surface area (Å²) in [6.45, 7) is 5.88. The monoisotopic (exact) mass is 437 g/mol. The predicted molar refractivity (Wildman–Crippen MR) is 118 cm³/mol. The number of fused-ring (bicyclic) bond motifs is 1. The molecule has 0 N–H and O–H groups in total. The van der Waals surface area contributed by atoms with Gasteiger partial charge in [-0.15, -0.1) is 5.10 Å². The van der Waals surface area contributed by atoms with E-state index >= 15 is 0 Å². The minimum absolute atomic E-state index is 0.0702. The fraction of sp³-hybridized carbons (Fsp3) is 0.348. The van der Waals surface area contributed by atoms with Gasteiger partial charge in [-0.05, 0) is 36.2 Å². The SMILES string of the molecule is Cc1ccccc1N1CCN(C(=O)c2nnn3c2CO[C@H](c2ccc(Cl)cc2)C3)CC1. The van der Waals surface area contributed by atoms with E-state index in [4.69, 9.17) is 16.3 Å². The predicted octanol–water partition coefficient (Wildman–Crippen LogP) is 3.47. The molecule has 3 heterocycles. The van der Waals surface area contributed by atoms with Crippen molar-refractivity contribution in [3.8, 4) is 0 Å². The van der Waals surface area contributed by atoms with E-state index in [0.29, 0.717) is 37.0 Å². The number of amides is 1. The van der Waals surface area contributed by atoms with Gasteiger partial charge in [-0.1, -0.05) is 47.1 Å². The number of anilines is 1. The van der Waals surface area contributed by atoms with Crippen molar-refractivity contribution in [2.45, 2.75) is 26.2 Å². The average molecular weight is 438 g/mol. The van der Waals surface area contributed by atoms with Crippen LogP contribution in [0.25, 0.3) is 0 Å². The Balaban J connectivity index is 1.26. The molecular weight excluding hydrogens is 414 g/mol. The number of piperazine rings is 1. The summed E-state index contributed by atoms with van der Waals surface area (Å²) < 4.78 is 7.82. The Hall–Kier alpha value is -2.90. The lowest BCUT2D eigenvalue weighted by Crippen LogP contribution is -2.49. The molecule has 0 bridgehead atoms. The zero-order chi connectivity index (χ0) is 21.4. The Bertz CT molecular complexity index is 1090. The zero-order valence-electron chi connectivity index (χ0n) is 17.4. The van der Waals surface area contributed by atoms with E-state index in [1.807, 2.05) is 35.2 Å². The van der Waals surface area contributed by atoms with Gasteiger partial charge >= 0.3 is 0 Å². The Kier molecular flexibility index (Phi) is 5.38. The minimum atomic E-state index is -0.132. The molecule has 2 aliphatic rings. The normalized spacial score (nSPS) is 18.7. The smallest absolute Gasteiger partial charge is 0.276 e. The molecule has 1 amide bonds. The fourth-order valence-corrected chi connectivity index (χ4v) is 4.40. The van der Waals surface area contributed by atoms with Gasteiger partial charge in [0.1, 0.15) is 6.10 Å². The fourth-order valence-electron chi connectivity index (χ4n) is 4.28. The number of rotatable bonds is 3. The summed E-state index contributed by atoms with van der Waals surface area (Å²) >= 11 is 5.98. The van der Waals surface area contributed by atoms with Gasteiger partial charge in [-0.25, -0.2) is 4.68 Å². The second-order valence-electron chi connectivity index (χ2n) is 7.98. The van der Waals surface area contributed by atoms with Gasteiger partial charge in [0.2, 0.25) is 0 Å². The molecule has 0 spiro atoms. The molecule has 7 nitrogen and oxygen atoms in total. The van der Waals surface area contributed by atoms with E-state index in [9.17, 15) is 4.79 Å². The highest BCUT2D eigenvalue weighted by Gasteiger charge is 2.31. The number of hydrogen-bond donors (Lipinski definition) is 0. The molecule has 2 aromatic carbocycles. The van der Waals surface area contributed by atoms with Crippen LogP contribution in [0.1, 0.15) is 33.4 Å². The lowest BCUT2D eigenvalue weighted by molar-refractivity contribution is -0.00196. The first-order valence-corrected chi connectivity index (χ1v) is 10.9. The van der Waals surface area contributed by atoms with Gasteiger partial charge in [-0.3, -0.25) is 4.79 Å². The number of ether oxygens (including phenoxy) is 1. The van der Waals surface area contributed by atoms with Gasteiger partial charge in [0.05, 0.1) is 18.8 Å². The topological polar surface area (TPSA) is 63.5 Å². The lowest BCUT2D eigenvalue weighted by atomic mass is 10.1. The number of nitrogens with zero attached hydrogens (tertiary/aromatic N) is 5. The van der Waals surface area contributed by atoms with Crippen LogP contribution in [-0.4, -0.2) is 52.0 Å². The van der Waals surface area contributed by atoms with Crippen molar-refractivity contribution >= 4 is 23.2 Å². The maximum absolute atomic E-state index is 13.2. The first kappa shape index (κ1) is 20.0. The largest absolute Gasteiger partial charge is 0.368 e. The summed E-state index contributed by atoms with van der Waals surface area (Å²) in [7, 11) is 0. The summed E-state index contributed by atoms with van der Waals surface area (Å²) in [5, 5.41) is 9.15. The number of benzene rings is 2. The van der Waals surface area contributed by atoms with Crippen LogP contribution in [0.2, 0.25) is 5.02 Å². The Morgan fingerprint density at radius 1 is 1.06 bits per heavy atom. The van der Waals surface area contributed by atoms with Crippen LogP contribution < -0.4 is 4.90 Å². The molecule has 0 saturated carbocycles. The van der Waals surface area contributed by atoms with E-state index in [1.54, 1.807) is 4.68 Å². The lowest BCUT2D eigenvalue weighted by Gasteiger charge is -2.36. The van der Waals surface area contributed by atoms with Crippen LogP contribution in [0.5, 0.6) is 0 Å². The minimum Gasteiger partial charge on any atom is -0.368 e. The Morgan fingerprint density at radius 2 is 1.81 bits per heavy atom. The molecule has 1 fully saturated rings. The van der Waals surface area contributed by atoms with Crippen molar-refractivity contribution in [2.24, 2.45) is 0 Å². The van der Waals surface area contributed by atoms with Gasteiger partial charge in [0, 0.05) is 36.9 Å². The molecule has 31 heavy (non-hydrogen) atoms. The van der Waals surface area contributed by atoms with Crippen LogP contribution in [0.4, 0.5) is 5.69 Å². The third kappa shape index (κ3) is 3.91. The highest BCUT2D eigenvalue weighted by atomic mass is 35.5. The summed E-state index contributed by atoms with van der Waals surface area (Å²) in [5.74, 6) is -0.0702. The number of carbonyl (C=O) groups is 1. The van der Waals surface area contributed by atoms with Gasteiger partial charge in [0.25, 0.3) is 5.91 Å². The molecule has 1 saturated heterocycles. The molecule has 0 aliphatic carbocycles.